The van der Waals surface area contributed by atoms with E-state index in [0.717, 1.165) is 29.5 Å². The van der Waals surface area contributed by atoms with Crippen molar-refractivity contribution in [1.29, 1.82) is 0 Å². The SMILES string of the molecule is CCCCOC(=O)/C=C/c1cccc(OC)c1-c1nc2cc(C)ccc2o1. The highest BCUT2D eigenvalue weighted by Crippen LogP contribution is 2.35. The minimum atomic E-state index is -0.370. The Bertz CT molecular complexity index is 972. The van der Waals surface area contributed by atoms with E-state index >= 15 is 0 Å². The first-order valence-corrected chi connectivity index (χ1v) is 9.01. The first kappa shape index (κ1) is 18.7. The van der Waals surface area contributed by atoms with E-state index in [9.17, 15) is 4.79 Å². The second-order valence-corrected chi connectivity index (χ2v) is 6.27. The molecule has 0 fully saturated rings. The van der Waals surface area contributed by atoms with Crippen molar-refractivity contribution in [3.8, 4) is 17.2 Å². The van der Waals surface area contributed by atoms with Crippen LogP contribution in [0.3, 0.4) is 0 Å². The topological polar surface area (TPSA) is 61.6 Å². The van der Waals surface area contributed by atoms with Crippen molar-refractivity contribution in [1.82, 2.24) is 4.98 Å². The Kier molecular flexibility index (Phi) is 5.91. The smallest absolute Gasteiger partial charge is 0.330 e. The summed E-state index contributed by atoms with van der Waals surface area (Å²) < 4.78 is 16.6. The van der Waals surface area contributed by atoms with Crippen LogP contribution in [-0.4, -0.2) is 24.7 Å². The summed E-state index contributed by atoms with van der Waals surface area (Å²) in [6, 6.07) is 11.4. The molecule has 0 bridgehead atoms. The van der Waals surface area contributed by atoms with Gasteiger partial charge in [-0.15, -0.1) is 0 Å². The number of benzene rings is 2. The molecule has 3 rings (SSSR count). The number of aromatic nitrogens is 1. The quantitative estimate of drug-likeness (QED) is 0.328. The largest absolute Gasteiger partial charge is 0.496 e. The third-order valence-electron chi connectivity index (χ3n) is 4.18. The van der Waals surface area contributed by atoms with Crippen LogP contribution in [0.25, 0.3) is 28.6 Å². The fraction of sp³-hybridized carbons (Fsp3) is 0.273. The standard InChI is InChI=1S/C22H23NO4/c1-4-5-13-26-20(24)12-10-16-7-6-8-19(25-3)21(16)22-23-17-14-15(2)9-11-18(17)27-22/h6-12,14H,4-5,13H2,1-3H3/b12-10+. The van der Waals surface area contributed by atoms with E-state index < -0.39 is 0 Å². The van der Waals surface area contributed by atoms with E-state index in [4.69, 9.17) is 13.9 Å². The Hall–Kier alpha value is -3.08. The molecule has 3 aromatic rings. The van der Waals surface area contributed by atoms with E-state index in [1.165, 1.54) is 6.08 Å². The van der Waals surface area contributed by atoms with Crippen molar-refractivity contribution in [3.63, 3.8) is 0 Å². The number of fused-ring (bicyclic) bond motifs is 1. The highest BCUT2D eigenvalue weighted by molar-refractivity contribution is 5.90. The van der Waals surface area contributed by atoms with Crippen LogP contribution in [0.1, 0.15) is 30.9 Å². The summed E-state index contributed by atoms with van der Waals surface area (Å²) >= 11 is 0. The molecule has 27 heavy (non-hydrogen) atoms. The number of esters is 1. The monoisotopic (exact) mass is 365 g/mol. The van der Waals surface area contributed by atoms with Gasteiger partial charge in [-0.05, 0) is 48.7 Å². The lowest BCUT2D eigenvalue weighted by molar-refractivity contribution is -0.137. The maximum Gasteiger partial charge on any atom is 0.330 e. The average molecular weight is 365 g/mol. The molecular formula is C22H23NO4. The van der Waals surface area contributed by atoms with Gasteiger partial charge < -0.3 is 13.9 Å². The van der Waals surface area contributed by atoms with Gasteiger partial charge in [-0.2, -0.15) is 0 Å². The van der Waals surface area contributed by atoms with Crippen LogP contribution in [-0.2, 0) is 9.53 Å². The zero-order chi connectivity index (χ0) is 19.2. The van der Waals surface area contributed by atoms with Crippen LogP contribution in [0.4, 0.5) is 0 Å². The van der Waals surface area contributed by atoms with E-state index in [0.29, 0.717) is 29.4 Å². The third kappa shape index (κ3) is 4.37. The van der Waals surface area contributed by atoms with Crippen LogP contribution >= 0.6 is 0 Å². The van der Waals surface area contributed by atoms with Crippen LogP contribution in [0, 0.1) is 6.92 Å². The van der Waals surface area contributed by atoms with Crippen LogP contribution in [0.15, 0.2) is 46.9 Å². The van der Waals surface area contributed by atoms with Gasteiger partial charge in [-0.1, -0.05) is 31.5 Å². The number of hydrogen-bond acceptors (Lipinski definition) is 5. The number of hydrogen-bond donors (Lipinski definition) is 0. The third-order valence-corrected chi connectivity index (χ3v) is 4.18. The maximum absolute atomic E-state index is 11.9. The van der Waals surface area contributed by atoms with Gasteiger partial charge >= 0.3 is 5.97 Å². The van der Waals surface area contributed by atoms with Gasteiger partial charge in [0, 0.05) is 6.08 Å². The van der Waals surface area contributed by atoms with Crippen LogP contribution in [0.5, 0.6) is 5.75 Å². The van der Waals surface area contributed by atoms with Crippen molar-refractivity contribution in [2.75, 3.05) is 13.7 Å². The molecule has 5 nitrogen and oxygen atoms in total. The van der Waals surface area contributed by atoms with E-state index in [2.05, 4.69) is 4.98 Å². The van der Waals surface area contributed by atoms with Gasteiger partial charge in [0.15, 0.2) is 5.58 Å². The normalized spacial score (nSPS) is 11.2. The summed E-state index contributed by atoms with van der Waals surface area (Å²) in [6.45, 7) is 4.48. The van der Waals surface area contributed by atoms with Crippen molar-refractivity contribution < 1.29 is 18.7 Å². The molecule has 0 radical (unpaired) electrons. The fourth-order valence-corrected chi connectivity index (χ4v) is 2.75. The van der Waals surface area contributed by atoms with Gasteiger partial charge in [0.25, 0.3) is 0 Å². The van der Waals surface area contributed by atoms with Gasteiger partial charge in [-0.25, -0.2) is 9.78 Å². The first-order valence-electron chi connectivity index (χ1n) is 9.01. The van der Waals surface area contributed by atoms with Gasteiger partial charge in [0.1, 0.15) is 11.3 Å². The summed E-state index contributed by atoms with van der Waals surface area (Å²) in [6.07, 6.45) is 4.95. The van der Waals surface area contributed by atoms with Crippen LogP contribution in [0.2, 0.25) is 0 Å². The highest BCUT2D eigenvalue weighted by Gasteiger charge is 2.16. The molecule has 0 unspecified atom stereocenters. The lowest BCUT2D eigenvalue weighted by Crippen LogP contribution is -2.01. The predicted molar refractivity (Wildman–Crippen MR) is 106 cm³/mol. The number of carbonyl (C=O) groups excluding carboxylic acids is 1. The molecule has 0 N–H and O–H groups in total. The summed E-state index contributed by atoms with van der Waals surface area (Å²) in [4.78, 5) is 16.5. The van der Waals surface area contributed by atoms with Gasteiger partial charge in [-0.3, -0.25) is 0 Å². The molecule has 5 heteroatoms. The molecule has 0 aliphatic rings. The van der Waals surface area contributed by atoms with Crippen molar-refractivity contribution in [3.05, 3.63) is 53.6 Å². The molecule has 0 amide bonds. The number of oxazole rings is 1. The maximum atomic E-state index is 11.9. The summed E-state index contributed by atoms with van der Waals surface area (Å²) in [5.74, 6) is 0.706. The Balaban J connectivity index is 1.97. The predicted octanol–water partition coefficient (Wildman–Crippen LogP) is 5.17. The number of aryl methyl sites for hydroxylation is 1. The Morgan fingerprint density at radius 2 is 2.11 bits per heavy atom. The van der Waals surface area contributed by atoms with Crippen molar-refractivity contribution in [2.45, 2.75) is 26.7 Å². The summed E-state index contributed by atoms with van der Waals surface area (Å²) in [5, 5.41) is 0. The molecular weight excluding hydrogens is 342 g/mol. The van der Waals surface area contributed by atoms with Crippen LogP contribution < -0.4 is 4.74 Å². The zero-order valence-electron chi connectivity index (χ0n) is 15.8. The molecule has 0 saturated carbocycles. The van der Waals surface area contributed by atoms with Crippen molar-refractivity contribution >= 4 is 23.1 Å². The van der Waals surface area contributed by atoms with E-state index in [-0.39, 0.29) is 5.97 Å². The molecule has 0 spiro atoms. The Labute approximate surface area is 158 Å². The number of nitrogens with zero attached hydrogens (tertiary/aromatic N) is 1. The Morgan fingerprint density at radius 3 is 2.89 bits per heavy atom. The second kappa shape index (κ2) is 8.54. The Morgan fingerprint density at radius 1 is 1.26 bits per heavy atom. The minimum Gasteiger partial charge on any atom is -0.496 e. The second-order valence-electron chi connectivity index (χ2n) is 6.27. The number of rotatable bonds is 7. The molecule has 0 aliphatic carbocycles. The molecule has 0 saturated heterocycles. The van der Waals surface area contributed by atoms with Crippen molar-refractivity contribution in [2.24, 2.45) is 0 Å². The lowest BCUT2D eigenvalue weighted by Gasteiger charge is -2.08. The molecule has 0 atom stereocenters. The fourth-order valence-electron chi connectivity index (χ4n) is 2.75. The van der Waals surface area contributed by atoms with Gasteiger partial charge in [0.2, 0.25) is 5.89 Å². The van der Waals surface area contributed by atoms with Gasteiger partial charge in [0.05, 0.1) is 19.3 Å². The zero-order valence-corrected chi connectivity index (χ0v) is 15.8. The summed E-state index contributed by atoms with van der Waals surface area (Å²) in [7, 11) is 1.60. The molecule has 0 aliphatic heterocycles. The molecule has 1 heterocycles. The minimum absolute atomic E-state index is 0.370. The highest BCUT2D eigenvalue weighted by atomic mass is 16.5. The number of carbonyl (C=O) groups is 1. The average Bonchev–Trinajstić information content (AvgIpc) is 3.08. The lowest BCUT2D eigenvalue weighted by atomic mass is 10.1. The van der Waals surface area contributed by atoms with E-state index in [1.807, 2.05) is 50.2 Å². The number of ether oxygens (including phenoxy) is 2. The number of methoxy groups -OCH3 is 1. The molecule has 2 aromatic carbocycles. The summed E-state index contributed by atoms with van der Waals surface area (Å²) in [5.41, 5.74) is 4.06. The number of unbranched alkanes of at least 4 members (excludes halogenated alkanes) is 1. The molecule has 1 aromatic heterocycles. The van der Waals surface area contributed by atoms with E-state index in [1.54, 1.807) is 13.2 Å². The first-order chi connectivity index (χ1) is 13.1. The molecule has 140 valence electrons.